The third kappa shape index (κ3) is 1.43. The minimum Gasteiger partial charge on any atom is -0.337 e. The fourth-order valence-corrected chi connectivity index (χ4v) is 1.07. The van der Waals surface area contributed by atoms with Crippen LogP contribution in [0.1, 0.15) is 32.0 Å². The van der Waals surface area contributed by atoms with Crippen LogP contribution in [0, 0.1) is 11.3 Å². The minimum atomic E-state index is 0.430. The molecule has 2 heteroatoms. The van der Waals surface area contributed by atoms with E-state index in [4.69, 9.17) is 5.26 Å². The number of hydrogen-bond donors (Lipinski definition) is 0. The van der Waals surface area contributed by atoms with Crippen molar-refractivity contribution in [3.05, 3.63) is 24.0 Å². The molecular weight excluding hydrogens is 136 g/mol. The molecule has 0 radical (unpaired) electrons. The number of rotatable bonds is 2. The Kier molecular flexibility index (Phi) is 2.32. The SMILES string of the molecule is CCC(C)n1cccc1C#N. The van der Waals surface area contributed by atoms with Crippen LogP contribution in [-0.4, -0.2) is 4.57 Å². The van der Waals surface area contributed by atoms with Crippen LogP contribution in [0.15, 0.2) is 18.3 Å². The maximum Gasteiger partial charge on any atom is 0.120 e. The highest BCUT2D eigenvalue weighted by atomic mass is 15.0. The Hall–Kier alpha value is -1.23. The highest BCUT2D eigenvalue weighted by Gasteiger charge is 2.04. The third-order valence-corrected chi connectivity index (χ3v) is 1.96. The molecule has 1 aromatic heterocycles. The highest BCUT2D eigenvalue weighted by Crippen LogP contribution is 2.13. The molecule has 0 spiro atoms. The molecule has 0 saturated carbocycles. The molecule has 1 rings (SSSR count). The number of nitriles is 1. The molecule has 0 N–H and O–H groups in total. The van der Waals surface area contributed by atoms with Crippen LogP contribution in [0.2, 0.25) is 0 Å². The van der Waals surface area contributed by atoms with Crippen molar-refractivity contribution in [3.63, 3.8) is 0 Å². The van der Waals surface area contributed by atoms with Gasteiger partial charge in [0.15, 0.2) is 0 Å². The summed E-state index contributed by atoms with van der Waals surface area (Å²) in [4.78, 5) is 0. The van der Waals surface area contributed by atoms with Gasteiger partial charge in [-0.05, 0) is 25.5 Å². The lowest BCUT2D eigenvalue weighted by atomic mass is 10.2. The Morgan fingerprint density at radius 1 is 1.73 bits per heavy atom. The van der Waals surface area contributed by atoms with Gasteiger partial charge in [0.2, 0.25) is 0 Å². The normalized spacial score (nSPS) is 12.5. The summed E-state index contributed by atoms with van der Waals surface area (Å²) in [6.07, 6.45) is 3.01. The summed E-state index contributed by atoms with van der Waals surface area (Å²) in [6.45, 7) is 4.23. The summed E-state index contributed by atoms with van der Waals surface area (Å²) in [6, 6.07) is 6.33. The molecule has 0 saturated heterocycles. The number of hydrogen-bond acceptors (Lipinski definition) is 1. The van der Waals surface area contributed by atoms with Crippen molar-refractivity contribution in [2.75, 3.05) is 0 Å². The monoisotopic (exact) mass is 148 g/mol. The fourth-order valence-electron chi connectivity index (χ4n) is 1.07. The van der Waals surface area contributed by atoms with Gasteiger partial charge in [0, 0.05) is 12.2 Å². The smallest absolute Gasteiger partial charge is 0.120 e. The second kappa shape index (κ2) is 3.25. The van der Waals surface area contributed by atoms with Crippen molar-refractivity contribution in [2.24, 2.45) is 0 Å². The van der Waals surface area contributed by atoms with Gasteiger partial charge in [-0.1, -0.05) is 6.92 Å². The Labute approximate surface area is 67.1 Å². The third-order valence-electron chi connectivity index (χ3n) is 1.96. The summed E-state index contributed by atoms with van der Waals surface area (Å²) >= 11 is 0. The average Bonchev–Trinajstić information content (AvgIpc) is 2.50. The maximum atomic E-state index is 8.68. The van der Waals surface area contributed by atoms with Gasteiger partial charge in [-0.15, -0.1) is 0 Å². The standard InChI is InChI=1S/C9H12N2/c1-3-8(2)11-6-4-5-9(11)7-10/h4-6,8H,3H2,1-2H3. The zero-order chi connectivity index (χ0) is 8.27. The molecule has 1 heterocycles. The number of aromatic nitrogens is 1. The molecular formula is C9H12N2. The van der Waals surface area contributed by atoms with Gasteiger partial charge in [-0.3, -0.25) is 0 Å². The van der Waals surface area contributed by atoms with Crippen molar-refractivity contribution in [3.8, 4) is 6.07 Å². The van der Waals surface area contributed by atoms with Gasteiger partial charge in [0.25, 0.3) is 0 Å². The van der Waals surface area contributed by atoms with Crippen molar-refractivity contribution >= 4 is 0 Å². The van der Waals surface area contributed by atoms with Gasteiger partial charge in [-0.2, -0.15) is 5.26 Å². The lowest BCUT2D eigenvalue weighted by molar-refractivity contribution is 0.529. The Morgan fingerprint density at radius 3 is 3.00 bits per heavy atom. The first-order valence-corrected chi connectivity index (χ1v) is 3.86. The summed E-state index contributed by atoms with van der Waals surface area (Å²) in [7, 11) is 0. The van der Waals surface area contributed by atoms with Crippen molar-refractivity contribution in [1.29, 1.82) is 5.26 Å². The van der Waals surface area contributed by atoms with E-state index in [0.29, 0.717) is 6.04 Å². The topological polar surface area (TPSA) is 28.7 Å². The van der Waals surface area contributed by atoms with Crippen LogP contribution in [0.5, 0.6) is 0 Å². The molecule has 1 unspecified atom stereocenters. The molecule has 0 aliphatic heterocycles. The first kappa shape index (κ1) is 7.87. The van der Waals surface area contributed by atoms with Crippen LogP contribution in [0.4, 0.5) is 0 Å². The first-order chi connectivity index (χ1) is 5.29. The number of nitrogens with zero attached hydrogens (tertiary/aromatic N) is 2. The Balaban J connectivity index is 2.95. The fraction of sp³-hybridized carbons (Fsp3) is 0.444. The maximum absolute atomic E-state index is 8.68. The lowest BCUT2D eigenvalue weighted by Gasteiger charge is -2.11. The second-order valence-electron chi connectivity index (χ2n) is 2.67. The Morgan fingerprint density at radius 2 is 2.45 bits per heavy atom. The van der Waals surface area contributed by atoms with Gasteiger partial charge in [0.05, 0.1) is 0 Å². The quantitative estimate of drug-likeness (QED) is 0.632. The van der Waals surface area contributed by atoms with Gasteiger partial charge < -0.3 is 4.57 Å². The van der Waals surface area contributed by atoms with E-state index in [2.05, 4.69) is 19.9 Å². The molecule has 11 heavy (non-hydrogen) atoms. The lowest BCUT2D eigenvalue weighted by Crippen LogP contribution is -2.03. The van der Waals surface area contributed by atoms with E-state index in [9.17, 15) is 0 Å². The van der Waals surface area contributed by atoms with Crippen LogP contribution >= 0.6 is 0 Å². The molecule has 0 aromatic carbocycles. The molecule has 0 fully saturated rings. The van der Waals surface area contributed by atoms with Crippen LogP contribution in [-0.2, 0) is 0 Å². The molecule has 1 aromatic rings. The van der Waals surface area contributed by atoms with E-state index >= 15 is 0 Å². The summed E-state index contributed by atoms with van der Waals surface area (Å²) < 4.78 is 2.00. The summed E-state index contributed by atoms with van der Waals surface area (Å²) in [5.74, 6) is 0. The highest BCUT2D eigenvalue weighted by molar-refractivity contribution is 5.22. The molecule has 0 amide bonds. The minimum absolute atomic E-state index is 0.430. The summed E-state index contributed by atoms with van der Waals surface area (Å²) in [5, 5.41) is 8.68. The van der Waals surface area contributed by atoms with E-state index in [0.717, 1.165) is 12.1 Å². The van der Waals surface area contributed by atoms with Gasteiger partial charge >= 0.3 is 0 Å². The predicted octanol–water partition coefficient (Wildman–Crippen LogP) is 2.33. The van der Waals surface area contributed by atoms with Crippen molar-refractivity contribution < 1.29 is 0 Å². The molecule has 0 aliphatic carbocycles. The Bertz CT molecular complexity index is 267. The molecule has 0 aliphatic rings. The van der Waals surface area contributed by atoms with E-state index in [1.807, 2.05) is 22.9 Å². The second-order valence-corrected chi connectivity index (χ2v) is 2.67. The van der Waals surface area contributed by atoms with Crippen LogP contribution < -0.4 is 0 Å². The zero-order valence-electron chi connectivity index (χ0n) is 6.91. The zero-order valence-corrected chi connectivity index (χ0v) is 6.91. The first-order valence-electron chi connectivity index (χ1n) is 3.86. The van der Waals surface area contributed by atoms with Gasteiger partial charge in [0.1, 0.15) is 11.8 Å². The van der Waals surface area contributed by atoms with Crippen LogP contribution in [0.25, 0.3) is 0 Å². The van der Waals surface area contributed by atoms with E-state index < -0.39 is 0 Å². The largest absolute Gasteiger partial charge is 0.337 e. The average molecular weight is 148 g/mol. The van der Waals surface area contributed by atoms with Crippen LogP contribution in [0.3, 0.4) is 0 Å². The molecule has 0 bridgehead atoms. The van der Waals surface area contributed by atoms with E-state index in [1.165, 1.54) is 0 Å². The molecule has 1 atom stereocenters. The van der Waals surface area contributed by atoms with Crippen molar-refractivity contribution in [1.82, 2.24) is 4.57 Å². The molecule has 58 valence electrons. The molecule has 2 nitrogen and oxygen atoms in total. The van der Waals surface area contributed by atoms with E-state index in [1.54, 1.807) is 0 Å². The predicted molar refractivity (Wildman–Crippen MR) is 44.1 cm³/mol. The summed E-state index contributed by atoms with van der Waals surface area (Å²) in [5.41, 5.74) is 0.749. The van der Waals surface area contributed by atoms with Gasteiger partial charge in [-0.25, -0.2) is 0 Å². The van der Waals surface area contributed by atoms with Crippen molar-refractivity contribution in [2.45, 2.75) is 26.3 Å². The van der Waals surface area contributed by atoms with E-state index in [-0.39, 0.29) is 0 Å².